The fourth-order valence-corrected chi connectivity index (χ4v) is 1.46. The maximum Gasteiger partial charge on any atom is 0.251 e. The predicted octanol–water partition coefficient (Wildman–Crippen LogP) is 1.42. The maximum atomic E-state index is 11.3. The number of ether oxygens (including phenoxy) is 1. The molecule has 1 fully saturated rings. The zero-order valence-corrected chi connectivity index (χ0v) is 9.32. The summed E-state index contributed by atoms with van der Waals surface area (Å²) in [6.45, 7) is 0.726. The Hall–Kier alpha value is -1.71. The fourth-order valence-electron chi connectivity index (χ4n) is 1.46. The van der Waals surface area contributed by atoms with Gasteiger partial charge in [-0.1, -0.05) is 0 Å². The van der Waals surface area contributed by atoms with Gasteiger partial charge in [0.2, 0.25) is 0 Å². The van der Waals surface area contributed by atoms with E-state index in [-0.39, 0.29) is 5.91 Å². The van der Waals surface area contributed by atoms with Crippen molar-refractivity contribution in [3.63, 3.8) is 0 Å². The first-order chi connectivity index (χ1) is 7.70. The summed E-state index contributed by atoms with van der Waals surface area (Å²) in [6, 6.07) is 5.11. The van der Waals surface area contributed by atoms with Crippen LogP contribution in [0.1, 0.15) is 23.2 Å². The van der Waals surface area contributed by atoms with Crippen LogP contribution in [0.3, 0.4) is 0 Å². The molecule has 0 atom stereocenters. The average molecular weight is 220 g/mol. The highest BCUT2D eigenvalue weighted by molar-refractivity contribution is 5.95. The van der Waals surface area contributed by atoms with Crippen molar-refractivity contribution in [3.05, 3.63) is 23.8 Å². The third kappa shape index (κ3) is 2.45. The molecule has 4 nitrogen and oxygen atoms in total. The summed E-state index contributed by atoms with van der Waals surface area (Å²) in [4.78, 5) is 11.3. The number of carbonyl (C=O) groups is 1. The van der Waals surface area contributed by atoms with Crippen LogP contribution < -0.4 is 15.8 Å². The second-order valence-corrected chi connectivity index (χ2v) is 4.09. The van der Waals surface area contributed by atoms with Crippen LogP contribution in [-0.2, 0) is 0 Å². The number of hydrogen-bond acceptors (Lipinski definition) is 3. The first-order valence-corrected chi connectivity index (χ1v) is 5.45. The van der Waals surface area contributed by atoms with E-state index in [0.717, 1.165) is 6.61 Å². The van der Waals surface area contributed by atoms with Crippen LogP contribution in [0.2, 0.25) is 0 Å². The molecule has 0 aromatic heterocycles. The van der Waals surface area contributed by atoms with Gasteiger partial charge in [0, 0.05) is 12.6 Å². The largest absolute Gasteiger partial charge is 0.491 e. The van der Waals surface area contributed by atoms with Gasteiger partial charge in [0.1, 0.15) is 5.75 Å². The predicted molar refractivity (Wildman–Crippen MR) is 62.5 cm³/mol. The van der Waals surface area contributed by atoms with Crippen LogP contribution in [0, 0.1) is 5.92 Å². The Morgan fingerprint density at radius 3 is 2.88 bits per heavy atom. The zero-order valence-electron chi connectivity index (χ0n) is 9.32. The van der Waals surface area contributed by atoms with Gasteiger partial charge in [-0.25, -0.2) is 0 Å². The number of anilines is 1. The molecule has 1 saturated carbocycles. The lowest BCUT2D eigenvalue weighted by Crippen LogP contribution is -2.18. The molecular weight excluding hydrogens is 204 g/mol. The summed E-state index contributed by atoms with van der Waals surface area (Å²) in [5.41, 5.74) is 6.89. The molecular formula is C12H16N2O2. The van der Waals surface area contributed by atoms with Crippen LogP contribution in [0.25, 0.3) is 0 Å². The highest BCUT2D eigenvalue weighted by atomic mass is 16.5. The Kier molecular flexibility index (Phi) is 2.99. The number of benzene rings is 1. The quantitative estimate of drug-likeness (QED) is 0.754. The van der Waals surface area contributed by atoms with Gasteiger partial charge >= 0.3 is 0 Å². The van der Waals surface area contributed by atoms with E-state index in [4.69, 9.17) is 10.5 Å². The maximum absolute atomic E-state index is 11.3. The van der Waals surface area contributed by atoms with Gasteiger partial charge in [-0.05, 0) is 37.0 Å². The van der Waals surface area contributed by atoms with Crippen molar-refractivity contribution in [3.8, 4) is 5.75 Å². The van der Waals surface area contributed by atoms with E-state index < -0.39 is 0 Å². The van der Waals surface area contributed by atoms with Crippen LogP contribution in [0.4, 0.5) is 5.69 Å². The number of hydrogen-bond donors (Lipinski definition) is 2. The second-order valence-electron chi connectivity index (χ2n) is 4.09. The Labute approximate surface area is 94.8 Å². The van der Waals surface area contributed by atoms with Crippen molar-refractivity contribution in [1.82, 2.24) is 5.32 Å². The van der Waals surface area contributed by atoms with Crippen molar-refractivity contribution in [1.29, 1.82) is 0 Å². The first-order valence-electron chi connectivity index (χ1n) is 5.45. The lowest BCUT2D eigenvalue weighted by Gasteiger charge is -2.09. The van der Waals surface area contributed by atoms with Crippen LogP contribution in [-0.4, -0.2) is 19.6 Å². The Morgan fingerprint density at radius 1 is 1.56 bits per heavy atom. The first kappa shape index (κ1) is 10.8. The normalized spacial score (nSPS) is 14.6. The molecule has 86 valence electrons. The van der Waals surface area contributed by atoms with Crippen molar-refractivity contribution in [2.24, 2.45) is 5.92 Å². The molecule has 16 heavy (non-hydrogen) atoms. The average Bonchev–Trinajstić information content (AvgIpc) is 3.10. The summed E-state index contributed by atoms with van der Waals surface area (Å²) in [6.07, 6.45) is 2.49. The monoisotopic (exact) mass is 220 g/mol. The fraction of sp³-hybridized carbons (Fsp3) is 0.417. The van der Waals surface area contributed by atoms with E-state index in [0.29, 0.717) is 22.9 Å². The van der Waals surface area contributed by atoms with E-state index in [1.807, 2.05) is 0 Å². The van der Waals surface area contributed by atoms with Gasteiger partial charge in [-0.2, -0.15) is 0 Å². The van der Waals surface area contributed by atoms with Crippen LogP contribution >= 0.6 is 0 Å². The van der Waals surface area contributed by atoms with Crippen LogP contribution in [0.15, 0.2) is 18.2 Å². The summed E-state index contributed by atoms with van der Waals surface area (Å²) >= 11 is 0. The summed E-state index contributed by atoms with van der Waals surface area (Å²) in [5, 5.41) is 2.55. The van der Waals surface area contributed by atoms with Gasteiger partial charge in [0.15, 0.2) is 0 Å². The van der Waals surface area contributed by atoms with E-state index in [9.17, 15) is 4.79 Å². The SMILES string of the molecule is CNC(=O)c1ccc(OCC2CC2)c(N)c1. The number of nitrogens with two attached hydrogens (primary N) is 1. The Balaban J connectivity index is 2.05. The molecule has 0 heterocycles. The lowest BCUT2D eigenvalue weighted by atomic mass is 10.2. The Morgan fingerprint density at radius 2 is 2.31 bits per heavy atom. The van der Waals surface area contributed by atoms with Gasteiger partial charge < -0.3 is 15.8 Å². The van der Waals surface area contributed by atoms with Gasteiger partial charge in [-0.15, -0.1) is 0 Å². The molecule has 0 unspecified atom stereocenters. The van der Waals surface area contributed by atoms with Gasteiger partial charge in [0.25, 0.3) is 5.91 Å². The summed E-state index contributed by atoms with van der Waals surface area (Å²) < 4.78 is 5.57. The van der Waals surface area contributed by atoms with Gasteiger partial charge in [0.05, 0.1) is 12.3 Å². The number of nitrogens with one attached hydrogen (secondary N) is 1. The number of carbonyl (C=O) groups excluding carboxylic acids is 1. The summed E-state index contributed by atoms with van der Waals surface area (Å²) in [7, 11) is 1.59. The molecule has 2 rings (SSSR count). The molecule has 0 saturated heterocycles. The molecule has 1 aromatic carbocycles. The molecule has 1 aliphatic carbocycles. The minimum absolute atomic E-state index is 0.138. The topological polar surface area (TPSA) is 64.3 Å². The van der Waals surface area contributed by atoms with Crippen molar-refractivity contribution in [2.75, 3.05) is 19.4 Å². The molecule has 1 aliphatic rings. The third-order valence-corrected chi connectivity index (χ3v) is 2.67. The number of amides is 1. The number of nitrogen functional groups attached to an aromatic ring is 1. The third-order valence-electron chi connectivity index (χ3n) is 2.67. The van der Waals surface area contributed by atoms with Crippen molar-refractivity contribution < 1.29 is 9.53 Å². The number of rotatable bonds is 4. The van der Waals surface area contributed by atoms with Crippen molar-refractivity contribution >= 4 is 11.6 Å². The van der Waals surface area contributed by atoms with Crippen LogP contribution in [0.5, 0.6) is 5.75 Å². The standard InChI is InChI=1S/C12H16N2O2/c1-14-12(15)9-4-5-11(10(13)6-9)16-7-8-2-3-8/h4-6,8H,2-3,7,13H2,1H3,(H,14,15). The van der Waals surface area contributed by atoms with E-state index in [2.05, 4.69) is 5.32 Å². The zero-order chi connectivity index (χ0) is 11.5. The van der Waals surface area contributed by atoms with Crippen molar-refractivity contribution in [2.45, 2.75) is 12.8 Å². The molecule has 4 heteroatoms. The van der Waals surface area contributed by atoms with E-state index >= 15 is 0 Å². The molecule has 1 aromatic rings. The molecule has 0 aliphatic heterocycles. The highest BCUT2D eigenvalue weighted by Gasteiger charge is 2.22. The van der Waals surface area contributed by atoms with E-state index in [1.165, 1.54) is 12.8 Å². The minimum atomic E-state index is -0.138. The summed E-state index contributed by atoms with van der Waals surface area (Å²) in [5.74, 6) is 1.22. The smallest absolute Gasteiger partial charge is 0.251 e. The molecule has 0 spiro atoms. The molecule has 0 bridgehead atoms. The molecule has 3 N–H and O–H groups in total. The Bertz CT molecular complexity index is 400. The highest BCUT2D eigenvalue weighted by Crippen LogP contribution is 2.31. The molecule has 0 radical (unpaired) electrons. The second kappa shape index (κ2) is 4.43. The van der Waals surface area contributed by atoms with E-state index in [1.54, 1.807) is 25.2 Å². The lowest BCUT2D eigenvalue weighted by molar-refractivity contribution is 0.0963. The van der Waals surface area contributed by atoms with Gasteiger partial charge in [-0.3, -0.25) is 4.79 Å². The molecule has 1 amide bonds. The minimum Gasteiger partial charge on any atom is -0.491 e.